The Morgan fingerprint density at radius 2 is 1.64 bits per heavy atom. The Labute approximate surface area is 214 Å². The number of aryl methyl sites for hydroxylation is 1. The maximum absolute atomic E-state index is 13.5. The van der Waals surface area contributed by atoms with E-state index >= 15 is 0 Å². The highest BCUT2D eigenvalue weighted by Gasteiger charge is 2.28. The minimum Gasteiger partial charge on any atom is -0.452 e. The van der Waals surface area contributed by atoms with Crippen LogP contribution >= 0.6 is 0 Å². The van der Waals surface area contributed by atoms with Gasteiger partial charge in [0, 0.05) is 18.5 Å². The minimum atomic E-state index is -0.455. The average Bonchev–Trinajstić information content (AvgIpc) is 3.23. The fourth-order valence-corrected chi connectivity index (χ4v) is 4.83. The molecule has 188 valence electrons. The molecule has 1 aromatic heterocycles. The highest BCUT2D eigenvalue weighted by Crippen LogP contribution is 2.37. The first kappa shape index (κ1) is 25.6. The Kier molecular flexibility index (Phi) is 7.88. The molecule has 2 aromatic carbocycles. The first-order valence-electron chi connectivity index (χ1n) is 12.9. The number of amides is 1. The number of para-hydroxylation sites is 1. The summed E-state index contributed by atoms with van der Waals surface area (Å²) in [6.07, 6.45) is 3.68. The zero-order valence-electron chi connectivity index (χ0n) is 22.0. The van der Waals surface area contributed by atoms with Gasteiger partial charge in [0.1, 0.15) is 0 Å². The third-order valence-electron chi connectivity index (χ3n) is 6.41. The third-order valence-corrected chi connectivity index (χ3v) is 6.41. The summed E-state index contributed by atoms with van der Waals surface area (Å²) >= 11 is 0. The molecule has 5 nitrogen and oxygen atoms in total. The van der Waals surface area contributed by atoms with Crippen molar-refractivity contribution in [1.29, 1.82) is 0 Å². The van der Waals surface area contributed by atoms with Crippen molar-refractivity contribution >= 4 is 34.4 Å². The molecule has 1 aliphatic carbocycles. The third kappa shape index (κ3) is 5.84. The molecule has 0 saturated carbocycles. The zero-order valence-corrected chi connectivity index (χ0v) is 22.0. The van der Waals surface area contributed by atoms with Crippen LogP contribution in [0.4, 0.5) is 0 Å². The molecular formula is C31H36N2O3. The van der Waals surface area contributed by atoms with Crippen LogP contribution in [0.15, 0.2) is 48.5 Å². The molecule has 0 atom stereocenters. The van der Waals surface area contributed by atoms with Gasteiger partial charge in [-0.05, 0) is 60.4 Å². The van der Waals surface area contributed by atoms with E-state index in [1.807, 2.05) is 24.3 Å². The Balaban J connectivity index is 1.64. The predicted octanol–water partition coefficient (Wildman–Crippen LogP) is 6.33. The quantitative estimate of drug-likeness (QED) is 0.351. The van der Waals surface area contributed by atoms with Gasteiger partial charge in [0.15, 0.2) is 6.61 Å². The number of fused-ring (bicyclic) bond motifs is 2. The van der Waals surface area contributed by atoms with Crippen molar-refractivity contribution in [2.45, 2.75) is 47.5 Å². The first-order chi connectivity index (χ1) is 17.2. The Bertz CT molecular complexity index is 1280. The summed E-state index contributed by atoms with van der Waals surface area (Å²) < 4.78 is 5.66. The van der Waals surface area contributed by atoms with Gasteiger partial charge in [0.25, 0.3) is 5.91 Å². The van der Waals surface area contributed by atoms with Gasteiger partial charge in [-0.2, -0.15) is 0 Å². The fourth-order valence-electron chi connectivity index (χ4n) is 4.83. The summed E-state index contributed by atoms with van der Waals surface area (Å²) in [7, 11) is 0. The molecule has 0 bridgehead atoms. The van der Waals surface area contributed by atoms with Crippen LogP contribution < -0.4 is 0 Å². The zero-order chi connectivity index (χ0) is 25.8. The lowest BCUT2D eigenvalue weighted by atomic mass is 10.0. The summed E-state index contributed by atoms with van der Waals surface area (Å²) in [5.74, 6) is 0.0774. The van der Waals surface area contributed by atoms with E-state index in [0.717, 1.165) is 46.1 Å². The summed E-state index contributed by atoms with van der Waals surface area (Å²) in [6, 6.07) is 16.1. The van der Waals surface area contributed by atoms with Gasteiger partial charge in [0.2, 0.25) is 0 Å². The SMILES string of the molecule is Cc1ccc(C=C2CCc3c2nc2ccccc2c3C(=O)OCC(=O)N(CC(C)C)CC(C)C)cc1. The van der Waals surface area contributed by atoms with Crippen LogP contribution in [0.1, 0.15) is 66.9 Å². The van der Waals surface area contributed by atoms with Gasteiger partial charge in [0.05, 0.1) is 16.8 Å². The van der Waals surface area contributed by atoms with E-state index in [-0.39, 0.29) is 12.5 Å². The van der Waals surface area contributed by atoms with E-state index in [0.29, 0.717) is 30.5 Å². The van der Waals surface area contributed by atoms with Gasteiger partial charge in [-0.1, -0.05) is 75.7 Å². The Morgan fingerprint density at radius 1 is 0.972 bits per heavy atom. The van der Waals surface area contributed by atoms with Crippen molar-refractivity contribution in [2.24, 2.45) is 11.8 Å². The molecule has 0 radical (unpaired) electrons. The second kappa shape index (κ2) is 11.1. The Morgan fingerprint density at radius 3 is 2.31 bits per heavy atom. The lowest BCUT2D eigenvalue weighted by Crippen LogP contribution is -2.39. The van der Waals surface area contributed by atoms with Gasteiger partial charge in [-0.3, -0.25) is 4.79 Å². The number of benzene rings is 2. The summed E-state index contributed by atoms with van der Waals surface area (Å²) in [5, 5.41) is 0.770. The van der Waals surface area contributed by atoms with Gasteiger partial charge < -0.3 is 9.64 Å². The van der Waals surface area contributed by atoms with Gasteiger partial charge in [-0.15, -0.1) is 0 Å². The van der Waals surface area contributed by atoms with Crippen molar-refractivity contribution in [3.63, 3.8) is 0 Å². The molecular weight excluding hydrogens is 448 g/mol. The number of hydrogen-bond donors (Lipinski definition) is 0. The van der Waals surface area contributed by atoms with Crippen LogP contribution in [-0.4, -0.2) is 41.5 Å². The van der Waals surface area contributed by atoms with Gasteiger partial charge >= 0.3 is 5.97 Å². The summed E-state index contributed by atoms with van der Waals surface area (Å²) in [4.78, 5) is 33.1. The van der Waals surface area contributed by atoms with Crippen LogP contribution in [0.3, 0.4) is 0 Å². The molecule has 0 unspecified atom stereocenters. The lowest BCUT2D eigenvalue weighted by molar-refractivity contribution is -0.135. The molecule has 0 spiro atoms. The predicted molar refractivity (Wildman–Crippen MR) is 146 cm³/mol. The van der Waals surface area contributed by atoms with E-state index in [4.69, 9.17) is 9.72 Å². The molecule has 0 saturated heterocycles. The van der Waals surface area contributed by atoms with Crippen molar-refractivity contribution in [2.75, 3.05) is 19.7 Å². The molecule has 0 N–H and O–H groups in total. The van der Waals surface area contributed by atoms with Crippen LogP contribution in [-0.2, 0) is 16.0 Å². The second-order valence-electron chi connectivity index (χ2n) is 10.6. The van der Waals surface area contributed by atoms with E-state index in [9.17, 15) is 9.59 Å². The topological polar surface area (TPSA) is 59.5 Å². The number of pyridine rings is 1. The largest absolute Gasteiger partial charge is 0.452 e. The standard InChI is InChI=1S/C31H36N2O3/c1-20(2)17-33(18-21(3)4)28(34)19-36-31(35)29-25-8-6-7-9-27(25)32-30-24(14-15-26(29)30)16-23-12-10-22(5)11-13-23/h6-13,16,20-21H,14-15,17-19H2,1-5H3. The maximum Gasteiger partial charge on any atom is 0.339 e. The molecule has 0 aliphatic heterocycles. The number of allylic oxidation sites excluding steroid dienone is 1. The van der Waals surface area contributed by atoms with Crippen molar-refractivity contribution in [3.8, 4) is 0 Å². The molecule has 1 heterocycles. The highest BCUT2D eigenvalue weighted by molar-refractivity contribution is 6.07. The van der Waals surface area contributed by atoms with Crippen molar-refractivity contribution < 1.29 is 14.3 Å². The Hall–Kier alpha value is -3.47. The number of aromatic nitrogens is 1. The van der Waals surface area contributed by atoms with Crippen molar-refractivity contribution in [3.05, 3.63) is 76.5 Å². The van der Waals surface area contributed by atoms with Crippen LogP contribution in [0.2, 0.25) is 0 Å². The number of ether oxygens (including phenoxy) is 1. The number of esters is 1. The van der Waals surface area contributed by atoms with Crippen LogP contribution in [0.5, 0.6) is 0 Å². The van der Waals surface area contributed by atoms with Crippen molar-refractivity contribution in [1.82, 2.24) is 9.88 Å². The number of nitrogens with zero attached hydrogens (tertiary/aromatic N) is 2. The highest BCUT2D eigenvalue weighted by atomic mass is 16.5. The van der Waals surface area contributed by atoms with E-state index in [1.165, 1.54) is 5.56 Å². The lowest BCUT2D eigenvalue weighted by Gasteiger charge is -2.26. The van der Waals surface area contributed by atoms with E-state index in [2.05, 4.69) is 65.0 Å². The van der Waals surface area contributed by atoms with E-state index in [1.54, 1.807) is 4.90 Å². The van der Waals surface area contributed by atoms with Gasteiger partial charge in [-0.25, -0.2) is 9.78 Å². The number of rotatable bonds is 8. The molecule has 1 aliphatic rings. The molecule has 36 heavy (non-hydrogen) atoms. The summed E-state index contributed by atoms with van der Waals surface area (Å²) in [5.41, 5.74) is 6.50. The fraction of sp³-hybridized carbons (Fsp3) is 0.387. The minimum absolute atomic E-state index is 0.152. The number of hydrogen-bond acceptors (Lipinski definition) is 4. The van der Waals surface area contributed by atoms with Crippen LogP contribution in [0.25, 0.3) is 22.6 Å². The molecule has 0 fully saturated rings. The maximum atomic E-state index is 13.5. The smallest absolute Gasteiger partial charge is 0.339 e. The normalized spacial score (nSPS) is 14.0. The van der Waals surface area contributed by atoms with E-state index < -0.39 is 5.97 Å². The van der Waals surface area contributed by atoms with Crippen LogP contribution in [0, 0.1) is 18.8 Å². The molecule has 4 rings (SSSR count). The number of carbonyl (C=O) groups is 2. The number of carbonyl (C=O) groups excluding carboxylic acids is 2. The summed E-state index contributed by atoms with van der Waals surface area (Å²) in [6.45, 7) is 11.5. The molecule has 5 heteroatoms. The first-order valence-corrected chi connectivity index (χ1v) is 12.9. The second-order valence-corrected chi connectivity index (χ2v) is 10.6. The monoisotopic (exact) mass is 484 g/mol. The molecule has 1 amide bonds. The average molecular weight is 485 g/mol. The molecule has 3 aromatic rings.